The summed E-state index contributed by atoms with van der Waals surface area (Å²) in [5.74, 6) is 2.03. The van der Waals surface area contributed by atoms with E-state index in [4.69, 9.17) is 9.47 Å². The van der Waals surface area contributed by atoms with Gasteiger partial charge >= 0.3 is 0 Å². The van der Waals surface area contributed by atoms with Crippen molar-refractivity contribution in [3.8, 4) is 5.75 Å². The minimum Gasteiger partial charge on any atom is -0.490 e. The Hall–Kier alpha value is -1.52. The van der Waals surface area contributed by atoms with E-state index in [1.807, 2.05) is 0 Å². The van der Waals surface area contributed by atoms with Crippen molar-refractivity contribution in [2.75, 3.05) is 32.8 Å². The number of piperidine rings is 1. The molecule has 5 rings (SSSR count). The van der Waals surface area contributed by atoms with E-state index in [0.29, 0.717) is 12.1 Å². The van der Waals surface area contributed by atoms with E-state index in [0.717, 1.165) is 44.1 Å². The zero-order valence-electron chi connectivity index (χ0n) is 15.6. The number of nitrogens with zero attached hydrogens (tertiary/aromatic N) is 2. The Bertz CT molecular complexity index is 738. The van der Waals surface area contributed by atoms with Gasteiger partial charge < -0.3 is 18.9 Å². The summed E-state index contributed by atoms with van der Waals surface area (Å²) >= 11 is 0. The Kier molecular flexibility index (Phi) is 4.63. The van der Waals surface area contributed by atoms with Crippen LogP contribution in [-0.4, -0.2) is 48.4 Å². The molecule has 2 aliphatic heterocycles. The molecule has 1 saturated carbocycles. The van der Waals surface area contributed by atoms with E-state index in [2.05, 4.69) is 39.9 Å². The largest absolute Gasteiger partial charge is 0.490 e. The van der Waals surface area contributed by atoms with Gasteiger partial charge in [-0.3, -0.25) is 0 Å². The third kappa shape index (κ3) is 3.25. The fraction of sp³-hybridized carbons (Fsp3) is 0.636. The number of hydrogen-bond donors (Lipinski definition) is 0. The molecule has 2 saturated heterocycles. The van der Waals surface area contributed by atoms with Crippen LogP contribution in [0.15, 0.2) is 30.5 Å². The third-order valence-corrected chi connectivity index (χ3v) is 6.59. The number of ether oxygens (including phenoxy) is 2. The van der Waals surface area contributed by atoms with E-state index in [9.17, 15) is 0 Å². The molecule has 1 aromatic carbocycles. The second-order valence-electron chi connectivity index (χ2n) is 8.34. The average molecular weight is 354 g/mol. The summed E-state index contributed by atoms with van der Waals surface area (Å²) in [7, 11) is 0. The summed E-state index contributed by atoms with van der Waals surface area (Å²) < 4.78 is 14.4. The molecule has 140 valence electrons. The smallest absolute Gasteiger partial charge is 0.129 e. The molecule has 3 heterocycles. The van der Waals surface area contributed by atoms with Gasteiger partial charge in [-0.05, 0) is 56.2 Å². The lowest BCUT2D eigenvalue weighted by molar-refractivity contribution is 0.0813. The quantitative estimate of drug-likeness (QED) is 0.803. The topological polar surface area (TPSA) is 26.6 Å². The van der Waals surface area contributed by atoms with E-state index < -0.39 is 0 Å². The highest BCUT2D eigenvalue weighted by Crippen LogP contribution is 2.33. The van der Waals surface area contributed by atoms with Crippen LogP contribution >= 0.6 is 0 Å². The van der Waals surface area contributed by atoms with Crippen molar-refractivity contribution in [1.29, 1.82) is 0 Å². The van der Waals surface area contributed by atoms with E-state index in [1.54, 1.807) is 0 Å². The second-order valence-corrected chi connectivity index (χ2v) is 8.34. The molecular weight excluding hydrogens is 324 g/mol. The van der Waals surface area contributed by atoms with Gasteiger partial charge in [0.1, 0.15) is 11.9 Å². The number of hydrogen-bond acceptors (Lipinski definition) is 3. The number of benzene rings is 1. The van der Waals surface area contributed by atoms with Gasteiger partial charge in [0, 0.05) is 37.8 Å². The third-order valence-electron chi connectivity index (χ3n) is 6.59. The Morgan fingerprint density at radius 1 is 1.04 bits per heavy atom. The maximum absolute atomic E-state index is 6.47. The second kappa shape index (κ2) is 7.24. The van der Waals surface area contributed by atoms with Gasteiger partial charge in [-0.1, -0.05) is 12.5 Å². The molecule has 0 spiro atoms. The van der Waals surface area contributed by atoms with Gasteiger partial charge in [-0.25, -0.2) is 0 Å². The molecular formula is C22H30N2O2. The number of aromatic nitrogens is 1. The van der Waals surface area contributed by atoms with Crippen molar-refractivity contribution in [2.24, 2.45) is 5.92 Å². The van der Waals surface area contributed by atoms with Crippen LogP contribution in [0.3, 0.4) is 0 Å². The van der Waals surface area contributed by atoms with Crippen molar-refractivity contribution in [1.82, 2.24) is 9.47 Å². The van der Waals surface area contributed by atoms with Gasteiger partial charge in [-0.15, -0.1) is 0 Å². The first kappa shape index (κ1) is 16.6. The Labute approximate surface area is 156 Å². The monoisotopic (exact) mass is 354 g/mol. The lowest BCUT2D eigenvalue weighted by atomic mass is 9.85. The molecule has 1 aromatic heterocycles. The summed E-state index contributed by atoms with van der Waals surface area (Å²) in [5, 5.41) is 1.25. The highest BCUT2D eigenvalue weighted by Gasteiger charge is 2.26. The molecule has 0 amide bonds. The molecule has 4 nitrogen and oxygen atoms in total. The van der Waals surface area contributed by atoms with Crippen LogP contribution in [0.4, 0.5) is 0 Å². The summed E-state index contributed by atoms with van der Waals surface area (Å²) in [6, 6.07) is 9.17. The zero-order chi connectivity index (χ0) is 17.3. The van der Waals surface area contributed by atoms with Crippen molar-refractivity contribution in [2.45, 2.75) is 50.7 Å². The number of fused-ring (bicyclic) bond motifs is 1. The molecule has 0 bridgehead atoms. The van der Waals surface area contributed by atoms with Crippen LogP contribution in [-0.2, 0) is 4.74 Å². The highest BCUT2D eigenvalue weighted by atomic mass is 16.5. The van der Waals surface area contributed by atoms with Crippen LogP contribution in [0.1, 0.15) is 44.6 Å². The molecule has 26 heavy (non-hydrogen) atoms. The van der Waals surface area contributed by atoms with E-state index in [1.165, 1.54) is 49.8 Å². The van der Waals surface area contributed by atoms with E-state index >= 15 is 0 Å². The van der Waals surface area contributed by atoms with Gasteiger partial charge in [0.25, 0.3) is 0 Å². The summed E-state index contributed by atoms with van der Waals surface area (Å²) in [6.45, 7) is 5.40. The fourth-order valence-corrected chi connectivity index (χ4v) is 4.75. The van der Waals surface area contributed by atoms with Crippen molar-refractivity contribution < 1.29 is 9.47 Å². The first-order valence-corrected chi connectivity index (χ1v) is 10.4. The molecule has 2 aromatic rings. The SMILES string of the molecule is c1cc(OC2CCN(CC3CCC3)CC2)c2ccn(C3CCOC3)c2c1. The fourth-order valence-electron chi connectivity index (χ4n) is 4.75. The van der Waals surface area contributed by atoms with Gasteiger partial charge in [-0.2, -0.15) is 0 Å². The molecule has 0 N–H and O–H groups in total. The Morgan fingerprint density at radius 3 is 2.65 bits per heavy atom. The molecule has 4 heteroatoms. The predicted octanol–water partition coefficient (Wildman–Crippen LogP) is 4.25. The minimum absolute atomic E-state index is 0.358. The van der Waals surface area contributed by atoms with E-state index in [-0.39, 0.29) is 0 Å². The lowest BCUT2D eigenvalue weighted by Gasteiger charge is -2.37. The van der Waals surface area contributed by atoms with Crippen molar-refractivity contribution in [3.05, 3.63) is 30.5 Å². The first-order chi connectivity index (χ1) is 12.9. The van der Waals surface area contributed by atoms with Gasteiger partial charge in [0.15, 0.2) is 0 Å². The molecule has 1 atom stereocenters. The van der Waals surface area contributed by atoms with Gasteiger partial charge in [0.2, 0.25) is 0 Å². The predicted molar refractivity (Wildman–Crippen MR) is 104 cm³/mol. The first-order valence-electron chi connectivity index (χ1n) is 10.4. The lowest BCUT2D eigenvalue weighted by Crippen LogP contribution is -2.41. The number of rotatable bonds is 5. The Balaban J connectivity index is 1.25. The molecule has 3 fully saturated rings. The molecule has 3 aliphatic rings. The Morgan fingerprint density at radius 2 is 1.92 bits per heavy atom. The number of likely N-dealkylation sites (tertiary alicyclic amines) is 1. The minimum atomic E-state index is 0.358. The van der Waals surface area contributed by atoms with Crippen LogP contribution in [0.25, 0.3) is 10.9 Å². The molecule has 1 unspecified atom stereocenters. The van der Waals surface area contributed by atoms with Crippen molar-refractivity contribution in [3.63, 3.8) is 0 Å². The molecule has 1 aliphatic carbocycles. The summed E-state index contributed by atoms with van der Waals surface area (Å²) in [4.78, 5) is 2.65. The maximum atomic E-state index is 6.47. The standard InChI is InChI=1S/C22H30N2O2/c1-3-17(4-1)15-23-11-7-19(8-12-23)26-22-6-2-5-21-20(22)9-13-24(21)18-10-14-25-16-18/h2,5-6,9,13,17-19H,1,3-4,7-8,10-12,14-16H2. The van der Waals surface area contributed by atoms with Gasteiger partial charge in [0.05, 0.1) is 18.2 Å². The average Bonchev–Trinajstić information content (AvgIpc) is 3.29. The zero-order valence-corrected chi connectivity index (χ0v) is 15.6. The van der Waals surface area contributed by atoms with Crippen LogP contribution in [0, 0.1) is 5.92 Å². The van der Waals surface area contributed by atoms with Crippen LogP contribution in [0.2, 0.25) is 0 Å². The van der Waals surface area contributed by atoms with Crippen LogP contribution in [0.5, 0.6) is 5.75 Å². The molecule has 0 radical (unpaired) electrons. The normalized spacial score (nSPS) is 25.6. The highest BCUT2D eigenvalue weighted by molar-refractivity contribution is 5.86. The van der Waals surface area contributed by atoms with Crippen molar-refractivity contribution >= 4 is 10.9 Å². The van der Waals surface area contributed by atoms with Crippen LogP contribution < -0.4 is 4.74 Å². The summed E-state index contributed by atoms with van der Waals surface area (Å²) in [5.41, 5.74) is 1.28. The summed E-state index contributed by atoms with van der Waals surface area (Å²) in [6.07, 6.45) is 10.3. The maximum Gasteiger partial charge on any atom is 0.129 e.